The van der Waals surface area contributed by atoms with Crippen LogP contribution in [0.5, 0.6) is 0 Å². The molecule has 0 radical (unpaired) electrons. The van der Waals surface area contributed by atoms with Crippen LogP contribution >= 0.6 is 0 Å². The van der Waals surface area contributed by atoms with Crippen molar-refractivity contribution in [1.82, 2.24) is 0 Å². The minimum absolute atomic E-state index is 0.122. The Labute approximate surface area is 202 Å². The number of hydrogen-bond donors (Lipinski definition) is 0. The highest BCUT2D eigenvalue weighted by atomic mass is 32.2. The Kier molecular flexibility index (Phi) is 6.44. The van der Waals surface area contributed by atoms with Gasteiger partial charge in [-0.3, -0.25) is 4.79 Å². The fourth-order valence-electron chi connectivity index (χ4n) is 5.94. The molecular weight excluding hydrogens is 468 g/mol. The first-order valence-electron chi connectivity index (χ1n) is 12.5. The summed E-state index contributed by atoms with van der Waals surface area (Å²) in [7, 11) is -6.98. The third kappa shape index (κ3) is 4.61. The quantitative estimate of drug-likeness (QED) is 0.439. The van der Waals surface area contributed by atoms with Crippen LogP contribution in [0.2, 0.25) is 0 Å². The van der Waals surface area contributed by atoms with E-state index in [9.17, 15) is 21.6 Å². The second-order valence-electron chi connectivity index (χ2n) is 10.3. The Bertz CT molecular complexity index is 1210. The Morgan fingerprint density at radius 2 is 0.941 bits per heavy atom. The zero-order valence-corrected chi connectivity index (χ0v) is 21.1. The molecule has 2 aromatic carbocycles. The molecule has 3 aliphatic carbocycles. The lowest BCUT2D eigenvalue weighted by atomic mass is 9.91. The molecule has 0 bridgehead atoms. The number of carbonyl (C=O) groups excluding carboxylic acids is 1. The zero-order chi connectivity index (χ0) is 23.9. The molecule has 3 aliphatic rings. The molecule has 0 aliphatic heterocycles. The minimum Gasteiger partial charge on any atom is -0.289 e. The molecule has 0 amide bonds. The molecule has 0 saturated heterocycles. The lowest BCUT2D eigenvalue weighted by Gasteiger charge is -2.21. The van der Waals surface area contributed by atoms with Crippen LogP contribution in [0, 0.1) is 11.8 Å². The van der Waals surface area contributed by atoms with E-state index in [-0.39, 0.29) is 38.9 Å². The largest absolute Gasteiger partial charge is 0.289 e. The van der Waals surface area contributed by atoms with Gasteiger partial charge in [-0.05, 0) is 72.9 Å². The molecule has 34 heavy (non-hydrogen) atoms. The molecule has 182 valence electrons. The van der Waals surface area contributed by atoms with Crippen molar-refractivity contribution in [2.45, 2.75) is 74.0 Å². The average Bonchev–Trinajstić information content (AvgIpc) is 3.11. The third-order valence-corrected chi connectivity index (χ3v) is 11.6. The topological polar surface area (TPSA) is 85.3 Å². The summed E-state index contributed by atoms with van der Waals surface area (Å²) in [4.78, 5) is 13.6. The number of benzene rings is 2. The number of ketones is 1. The first kappa shape index (κ1) is 23.7. The van der Waals surface area contributed by atoms with Crippen molar-refractivity contribution in [3.63, 3.8) is 0 Å². The van der Waals surface area contributed by atoms with Crippen molar-refractivity contribution in [3.05, 3.63) is 47.5 Å². The SMILES string of the molecule is O=C1c2cc(S(=O)(=O)CC3CCCCC3)ccc2-c2ccc(S(=O)(=O)CC3CCCCC3)cc21. The molecule has 0 spiro atoms. The van der Waals surface area contributed by atoms with Gasteiger partial charge in [0.15, 0.2) is 25.5 Å². The van der Waals surface area contributed by atoms with Gasteiger partial charge < -0.3 is 0 Å². The van der Waals surface area contributed by atoms with Crippen LogP contribution in [0.25, 0.3) is 11.1 Å². The smallest absolute Gasteiger partial charge is 0.194 e. The maximum atomic E-state index is 13.2. The van der Waals surface area contributed by atoms with Gasteiger partial charge in [-0.25, -0.2) is 16.8 Å². The zero-order valence-electron chi connectivity index (χ0n) is 19.5. The molecule has 0 heterocycles. The molecule has 0 N–H and O–H groups in total. The van der Waals surface area contributed by atoms with Crippen LogP contribution in [-0.2, 0) is 19.7 Å². The fraction of sp³-hybridized carbons (Fsp3) is 0.519. The van der Waals surface area contributed by atoms with E-state index in [1.807, 2.05) is 0 Å². The van der Waals surface area contributed by atoms with E-state index in [0.717, 1.165) is 51.4 Å². The second-order valence-corrected chi connectivity index (χ2v) is 14.4. The highest BCUT2D eigenvalue weighted by molar-refractivity contribution is 7.91. The van der Waals surface area contributed by atoms with Crippen molar-refractivity contribution < 1.29 is 21.6 Å². The summed E-state index contributed by atoms with van der Waals surface area (Å²) in [5.74, 6) is 0.301. The lowest BCUT2D eigenvalue weighted by Crippen LogP contribution is -2.19. The van der Waals surface area contributed by atoms with Crippen molar-refractivity contribution in [2.75, 3.05) is 11.5 Å². The van der Waals surface area contributed by atoms with Crippen molar-refractivity contribution in [2.24, 2.45) is 11.8 Å². The summed E-state index contributed by atoms with van der Waals surface area (Å²) in [6.45, 7) is 0. The Hall–Kier alpha value is -1.99. The van der Waals surface area contributed by atoms with E-state index in [1.165, 1.54) is 25.0 Å². The van der Waals surface area contributed by atoms with E-state index in [0.29, 0.717) is 22.3 Å². The molecule has 2 aromatic rings. The third-order valence-electron chi connectivity index (χ3n) is 7.84. The predicted molar refractivity (Wildman–Crippen MR) is 133 cm³/mol. The maximum Gasteiger partial charge on any atom is 0.194 e. The molecule has 0 aromatic heterocycles. The summed E-state index contributed by atoms with van der Waals surface area (Å²) in [6, 6.07) is 9.56. The van der Waals surface area contributed by atoms with Crippen LogP contribution in [0.3, 0.4) is 0 Å². The maximum absolute atomic E-state index is 13.2. The van der Waals surface area contributed by atoms with Crippen LogP contribution in [0.15, 0.2) is 46.2 Å². The first-order valence-corrected chi connectivity index (χ1v) is 15.8. The van der Waals surface area contributed by atoms with Crippen molar-refractivity contribution in [3.8, 4) is 11.1 Å². The Morgan fingerprint density at radius 1 is 0.559 bits per heavy atom. The highest BCUT2D eigenvalue weighted by Crippen LogP contribution is 2.40. The first-order chi connectivity index (χ1) is 16.2. The van der Waals surface area contributed by atoms with Gasteiger partial charge in [-0.1, -0.05) is 50.7 Å². The van der Waals surface area contributed by atoms with Crippen LogP contribution < -0.4 is 0 Å². The van der Waals surface area contributed by atoms with Gasteiger partial charge in [0.1, 0.15) is 0 Å². The summed E-state index contributed by atoms with van der Waals surface area (Å²) in [6.07, 6.45) is 10.4. The monoisotopic (exact) mass is 500 g/mol. The average molecular weight is 501 g/mol. The summed E-state index contributed by atoms with van der Waals surface area (Å²) in [5, 5.41) is 0. The molecular formula is C27H32O5S2. The molecule has 5 nitrogen and oxygen atoms in total. The standard InChI is InChI=1S/C27H32O5S2/c28-27-25-15-21(33(29,30)17-19-7-3-1-4-8-19)11-13-23(25)24-14-12-22(16-26(24)27)34(31,32)18-20-9-5-2-6-10-20/h11-16,19-20H,1-10,17-18H2. The predicted octanol–water partition coefficient (Wildman–Crippen LogP) is 5.61. The van der Waals surface area contributed by atoms with E-state index in [4.69, 9.17) is 0 Å². The molecule has 2 fully saturated rings. The van der Waals surface area contributed by atoms with Gasteiger partial charge in [0.25, 0.3) is 0 Å². The number of sulfone groups is 2. The lowest BCUT2D eigenvalue weighted by molar-refractivity contribution is 0.104. The number of rotatable bonds is 6. The van der Waals surface area contributed by atoms with Gasteiger partial charge in [-0.2, -0.15) is 0 Å². The van der Waals surface area contributed by atoms with E-state index in [1.54, 1.807) is 24.3 Å². The van der Waals surface area contributed by atoms with Crippen LogP contribution in [0.1, 0.15) is 80.1 Å². The van der Waals surface area contributed by atoms with Crippen LogP contribution in [0.4, 0.5) is 0 Å². The van der Waals surface area contributed by atoms with Gasteiger partial charge in [0, 0.05) is 11.1 Å². The Balaban J connectivity index is 1.40. The molecule has 5 rings (SSSR count). The molecule has 0 atom stereocenters. The molecule has 2 saturated carbocycles. The summed E-state index contributed by atoms with van der Waals surface area (Å²) in [5.41, 5.74) is 2.05. The van der Waals surface area contributed by atoms with Gasteiger partial charge in [0.2, 0.25) is 0 Å². The highest BCUT2D eigenvalue weighted by Gasteiger charge is 2.32. The summed E-state index contributed by atoms with van der Waals surface area (Å²) >= 11 is 0. The molecule has 0 unspecified atom stereocenters. The summed E-state index contributed by atoms with van der Waals surface area (Å²) < 4.78 is 52.3. The van der Waals surface area contributed by atoms with E-state index < -0.39 is 19.7 Å². The number of fused-ring (bicyclic) bond motifs is 3. The van der Waals surface area contributed by atoms with Gasteiger partial charge >= 0.3 is 0 Å². The molecule has 7 heteroatoms. The van der Waals surface area contributed by atoms with E-state index in [2.05, 4.69) is 0 Å². The van der Waals surface area contributed by atoms with Crippen molar-refractivity contribution in [1.29, 1.82) is 0 Å². The normalized spacial score (nSPS) is 19.7. The van der Waals surface area contributed by atoms with Crippen molar-refractivity contribution >= 4 is 25.5 Å². The van der Waals surface area contributed by atoms with Gasteiger partial charge in [-0.15, -0.1) is 0 Å². The van der Waals surface area contributed by atoms with Crippen LogP contribution in [-0.4, -0.2) is 34.1 Å². The minimum atomic E-state index is -3.49. The number of hydrogen-bond acceptors (Lipinski definition) is 5. The number of carbonyl (C=O) groups is 1. The Morgan fingerprint density at radius 3 is 1.32 bits per heavy atom. The van der Waals surface area contributed by atoms with Gasteiger partial charge in [0.05, 0.1) is 21.3 Å². The second kappa shape index (κ2) is 9.23. The van der Waals surface area contributed by atoms with E-state index >= 15 is 0 Å². The fourth-order valence-corrected chi connectivity index (χ4v) is 9.38.